The highest BCUT2D eigenvalue weighted by atomic mass is 79.9. The van der Waals surface area contributed by atoms with Crippen molar-refractivity contribution >= 4 is 33.6 Å². The van der Waals surface area contributed by atoms with E-state index in [0.29, 0.717) is 5.69 Å². The first kappa shape index (κ1) is 15.1. The summed E-state index contributed by atoms with van der Waals surface area (Å²) in [6.45, 7) is 0. The molecule has 0 saturated carbocycles. The number of carbonyl (C=O) groups is 1. The fourth-order valence-electron chi connectivity index (χ4n) is 1.97. The lowest BCUT2D eigenvalue weighted by Gasteiger charge is -2.05. The third kappa shape index (κ3) is 3.89. The van der Waals surface area contributed by atoms with Crippen LogP contribution in [0.3, 0.4) is 0 Å². The number of nitrogens with zero attached hydrogens (tertiary/aromatic N) is 4. The van der Waals surface area contributed by atoms with Crippen molar-refractivity contribution in [1.29, 1.82) is 0 Å². The molecule has 1 heterocycles. The van der Waals surface area contributed by atoms with Gasteiger partial charge in [-0.25, -0.2) is 4.68 Å². The van der Waals surface area contributed by atoms with Gasteiger partial charge in [-0.2, -0.15) is 0 Å². The zero-order chi connectivity index (χ0) is 16.1. The summed E-state index contributed by atoms with van der Waals surface area (Å²) >= 11 is 3.44. The molecular formula is C16H12BrN5O. The summed E-state index contributed by atoms with van der Waals surface area (Å²) in [4.78, 5) is 12.0. The molecule has 1 aromatic heterocycles. The number of nitrogens with one attached hydrogen (secondary N) is 1. The first-order chi connectivity index (χ1) is 11.2. The second-order valence-electron chi connectivity index (χ2n) is 4.65. The van der Waals surface area contributed by atoms with E-state index < -0.39 is 0 Å². The highest BCUT2D eigenvalue weighted by molar-refractivity contribution is 9.10. The van der Waals surface area contributed by atoms with Crippen LogP contribution >= 0.6 is 15.9 Å². The number of anilines is 1. The van der Waals surface area contributed by atoms with Crippen LogP contribution in [0.5, 0.6) is 0 Å². The fraction of sp³-hybridized carbons (Fsp3) is 0. The predicted octanol–water partition coefficient (Wildman–Crippen LogP) is 3.08. The Morgan fingerprint density at radius 2 is 2.04 bits per heavy atom. The molecule has 0 aliphatic rings. The van der Waals surface area contributed by atoms with Crippen molar-refractivity contribution in [1.82, 2.24) is 20.2 Å². The monoisotopic (exact) mass is 369 g/mol. The van der Waals surface area contributed by atoms with Crippen LogP contribution in [0.25, 0.3) is 11.8 Å². The van der Waals surface area contributed by atoms with Gasteiger partial charge in [0.1, 0.15) is 6.33 Å². The number of aromatic nitrogens is 4. The Labute approximate surface area is 141 Å². The van der Waals surface area contributed by atoms with Crippen molar-refractivity contribution in [3.8, 4) is 5.69 Å². The molecule has 6 nitrogen and oxygen atoms in total. The van der Waals surface area contributed by atoms with E-state index in [0.717, 1.165) is 15.7 Å². The Balaban J connectivity index is 1.71. The number of carbonyl (C=O) groups excluding carboxylic acids is 1. The molecule has 1 N–H and O–H groups in total. The van der Waals surface area contributed by atoms with Crippen molar-refractivity contribution in [3.05, 3.63) is 71.0 Å². The number of hydrogen-bond donors (Lipinski definition) is 1. The van der Waals surface area contributed by atoms with Gasteiger partial charge in [0.05, 0.1) is 5.69 Å². The van der Waals surface area contributed by atoms with E-state index in [1.807, 2.05) is 36.4 Å². The Bertz CT molecular complexity index is 845. The first-order valence-electron chi connectivity index (χ1n) is 6.79. The molecule has 0 saturated heterocycles. The van der Waals surface area contributed by atoms with E-state index in [9.17, 15) is 4.79 Å². The fourth-order valence-corrected chi connectivity index (χ4v) is 2.38. The molecule has 1 amide bonds. The Kier molecular flexibility index (Phi) is 4.58. The lowest BCUT2D eigenvalue weighted by Crippen LogP contribution is -2.08. The number of amides is 1. The Morgan fingerprint density at radius 3 is 2.83 bits per heavy atom. The molecule has 0 aliphatic carbocycles. The predicted molar refractivity (Wildman–Crippen MR) is 91.0 cm³/mol. The van der Waals surface area contributed by atoms with Crippen LogP contribution in [0, 0.1) is 0 Å². The van der Waals surface area contributed by atoms with Crippen molar-refractivity contribution in [2.45, 2.75) is 0 Å². The molecule has 0 radical (unpaired) electrons. The summed E-state index contributed by atoms with van der Waals surface area (Å²) < 4.78 is 2.46. The topological polar surface area (TPSA) is 72.7 Å². The maximum Gasteiger partial charge on any atom is 0.248 e. The molecule has 114 valence electrons. The van der Waals surface area contributed by atoms with Crippen LogP contribution in [0.1, 0.15) is 5.56 Å². The number of hydrogen-bond acceptors (Lipinski definition) is 4. The minimum atomic E-state index is -0.213. The van der Waals surface area contributed by atoms with Gasteiger partial charge in [0.25, 0.3) is 0 Å². The van der Waals surface area contributed by atoms with Gasteiger partial charge in [0, 0.05) is 16.2 Å². The number of benzene rings is 2. The maximum atomic E-state index is 12.0. The number of tetrazole rings is 1. The van der Waals surface area contributed by atoms with E-state index in [1.165, 1.54) is 17.1 Å². The van der Waals surface area contributed by atoms with Gasteiger partial charge in [0.15, 0.2) is 0 Å². The van der Waals surface area contributed by atoms with E-state index in [1.54, 1.807) is 18.2 Å². The van der Waals surface area contributed by atoms with Crippen LogP contribution < -0.4 is 5.32 Å². The van der Waals surface area contributed by atoms with E-state index >= 15 is 0 Å². The highest BCUT2D eigenvalue weighted by Gasteiger charge is 2.02. The molecule has 0 atom stereocenters. The smallest absolute Gasteiger partial charge is 0.248 e. The summed E-state index contributed by atoms with van der Waals surface area (Å²) in [6.07, 6.45) is 4.74. The first-order valence-corrected chi connectivity index (χ1v) is 7.59. The van der Waals surface area contributed by atoms with Gasteiger partial charge in [-0.05, 0) is 46.3 Å². The summed E-state index contributed by atoms with van der Waals surface area (Å²) in [6, 6.07) is 15.0. The van der Waals surface area contributed by atoms with Gasteiger partial charge in [-0.1, -0.05) is 40.2 Å². The highest BCUT2D eigenvalue weighted by Crippen LogP contribution is 2.17. The molecule has 23 heavy (non-hydrogen) atoms. The number of halogens is 1. The lowest BCUT2D eigenvalue weighted by molar-refractivity contribution is -0.111. The zero-order valence-corrected chi connectivity index (χ0v) is 13.5. The van der Waals surface area contributed by atoms with Gasteiger partial charge >= 0.3 is 0 Å². The second-order valence-corrected chi connectivity index (χ2v) is 5.50. The molecule has 2 aromatic carbocycles. The average molecular weight is 370 g/mol. The average Bonchev–Trinajstić information content (AvgIpc) is 3.09. The quantitative estimate of drug-likeness (QED) is 0.717. The minimum absolute atomic E-state index is 0.213. The third-order valence-corrected chi connectivity index (χ3v) is 3.77. The van der Waals surface area contributed by atoms with E-state index in [4.69, 9.17) is 0 Å². The van der Waals surface area contributed by atoms with Crippen LogP contribution in [0.4, 0.5) is 5.69 Å². The van der Waals surface area contributed by atoms with Crippen LogP contribution in [-0.4, -0.2) is 26.1 Å². The van der Waals surface area contributed by atoms with E-state index in [-0.39, 0.29) is 5.91 Å². The molecular weight excluding hydrogens is 358 g/mol. The molecule has 0 unspecified atom stereocenters. The van der Waals surface area contributed by atoms with Crippen molar-refractivity contribution in [2.24, 2.45) is 0 Å². The molecule has 0 spiro atoms. The number of rotatable bonds is 4. The minimum Gasteiger partial charge on any atom is -0.322 e. The van der Waals surface area contributed by atoms with Crippen molar-refractivity contribution < 1.29 is 4.79 Å². The maximum absolute atomic E-state index is 12.0. The molecule has 3 rings (SSSR count). The van der Waals surface area contributed by atoms with Crippen LogP contribution in [0.2, 0.25) is 0 Å². The zero-order valence-electron chi connectivity index (χ0n) is 11.9. The Hall–Kier alpha value is -2.80. The van der Waals surface area contributed by atoms with Crippen LogP contribution in [-0.2, 0) is 4.79 Å². The molecule has 3 aromatic rings. The lowest BCUT2D eigenvalue weighted by atomic mass is 10.2. The SMILES string of the molecule is O=C(/C=C/c1ccccc1Br)Nc1cccc(-n2cnnn2)c1. The standard InChI is InChI=1S/C16H12BrN5O/c17-15-7-2-1-4-12(15)8-9-16(23)19-13-5-3-6-14(10-13)22-11-18-20-21-22/h1-11H,(H,19,23)/b9-8+. The summed E-state index contributed by atoms with van der Waals surface area (Å²) in [5.74, 6) is -0.213. The summed E-state index contributed by atoms with van der Waals surface area (Å²) in [7, 11) is 0. The Morgan fingerprint density at radius 1 is 1.17 bits per heavy atom. The van der Waals surface area contributed by atoms with Gasteiger partial charge in [-0.3, -0.25) is 4.79 Å². The summed E-state index contributed by atoms with van der Waals surface area (Å²) in [5.41, 5.74) is 2.37. The van der Waals surface area contributed by atoms with Crippen LogP contribution in [0.15, 0.2) is 65.4 Å². The van der Waals surface area contributed by atoms with Gasteiger partial charge < -0.3 is 5.32 Å². The van der Waals surface area contributed by atoms with E-state index in [2.05, 4.69) is 36.8 Å². The van der Waals surface area contributed by atoms with Gasteiger partial charge in [0.2, 0.25) is 5.91 Å². The third-order valence-electron chi connectivity index (χ3n) is 3.05. The largest absolute Gasteiger partial charge is 0.322 e. The molecule has 0 bridgehead atoms. The van der Waals surface area contributed by atoms with Crippen molar-refractivity contribution in [2.75, 3.05) is 5.32 Å². The van der Waals surface area contributed by atoms with Gasteiger partial charge in [-0.15, -0.1) is 5.10 Å². The second kappa shape index (κ2) is 6.97. The molecule has 0 aliphatic heterocycles. The van der Waals surface area contributed by atoms with Crippen molar-refractivity contribution in [3.63, 3.8) is 0 Å². The summed E-state index contributed by atoms with van der Waals surface area (Å²) in [5, 5.41) is 13.8. The molecule has 0 fully saturated rings. The molecule has 7 heteroatoms. The normalized spacial score (nSPS) is 10.8.